The molecule has 1 N–H and O–H groups in total. The number of ether oxygens (including phenoxy) is 1. The van der Waals surface area contributed by atoms with Gasteiger partial charge < -0.3 is 14.7 Å². The number of likely N-dealkylation sites (tertiary alicyclic amines) is 1. The lowest BCUT2D eigenvalue weighted by atomic mass is 9.82. The number of β-amino-alcohol motifs (C(OH)–C–C–N with tert-alkyl or cyclic N) is 1. The molecule has 0 aromatic heterocycles. The minimum atomic E-state index is -0.672. The highest BCUT2D eigenvalue weighted by Crippen LogP contribution is 2.30. The predicted octanol–water partition coefficient (Wildman–Crippen LogP) is 0.395. The van der Waals surface area contributed by atoms with Gasteiger partial charge in [0.2, 0.25) is 0 Å². The number of carbonyl (C=O) groups excluding carboxylic acids is 1. The van der Waals surface area contributed by atoms with E-state index in [1.807, 2.05) is 13.8 Å². The van der Waals surface area contributed by atoms with E-state index in [9.17, 15) is 9.90 Å². The second kappa shape index (κ2) is 3.76. The van der Waals surface area contributed by atoms with E-state index >= 15 is 0 Å². The van der Waals surface area contributed by atoms with Crippen LogP contribution in [0, 0.1) is 5.92 Å². The lowest BCUT2D eigenvalue weighted by Gasteiger charge is -2.49. The Morgan fingerprint density at radius 2 is 2.20 bits per heavy atom. The van der Waals surface area contributed by atoms with Crippen LogP contribution in [0.5, 0.6) is 0 Å². The molecule has 1 atom stereocenters. The van der Waals surface area contributed by atoms with Crippen LogP contribution < -0.4 is 0 Å². The fourth-order valence-corrected chi connectivity index (χ4v) is 2.11. The Morgan fingerprint density at radius 1 is 1.53 bits per heavy atom. The van der Waals surface area contributed by atoms with Crippen LogP contribution in [0.4, 0.5) is 0 Å². The van der Waals surface area contributed by atoms with Crippen molar-refractivity contribution in [2.45, 2.75) is 38.4 Å². The second-order valence-electron chi connectivity index (χ2n) is 4.95. The van der Waals surface area contributed by atoms with Crippen molar-refractivity contribution >= 4 is 5.91 Å². The van der Waals surface area contributed by atoms with Crippen LogP contribution in [0.3, 0.4) is 0 Å². The van der Waals surface area contributed by atoms with E-state index in [1.165, 1.54) is 0 Å². The SMILES string of the molecule is CC(C)C1(O)CN(C(=O)[C@@H]2CCCO2)C1. The van der Waals surface area contributed by atoms with Crippen LogP contribution >= 0.6 is 0 Å². The highest BCUT2D eigenvalue weighted by atomic mass is 16.5. The fourth-order valence-electron chi connectivity index (χ4n) is 2.11. The number of rotatable bonds is 2. The van der Waals surface area contributed by atoms with Crippen molar-refractivity contribution in [1.82, 2.24) is 4.90 Å². The zero-order valence-corrected chi connectivity index (χ0v) is 9.40. The Hall–Kier alpha value is -0.610. The molecule has 0 radical (unpaired) electrons. The lowest BCUT2D eigenvalue weighted by molar-refractivity contribution is -0.171. The molecule has 2 heterocycles. The first-order chi connectivity index (χ1) is 7.03. The average molecular weight is 213 g/mol. The van der Waals surface area contributed by atoms with Crippen LogP contribution in [0.15, 0.2) is 0 Å². The Bertz CT molecular complexity index is 253. The zero-order chi connectivity index (χ0) is 11.1. The van der Waals surface area contributed by atoms with Gasteiger partial charge in [0.1, 0.15) is 11.7 Å². The summed E-state index contributed by atoms with van der Waals surface area (Å²) < 4.78 is 5.33. The van der Waals surface area contributed by atoms with Gasteiger partial charge in [-0.1, -0.05) is 13.8 Å². The van der Waals surface area contributed by atoms with Gasteiger partial charge in [-0.2, -0.15) is 0 Å². The van der Waals surface area contributed by atoms with E-state index < -0.39 is 5.60 Å². The molecule has 2 saturated heterocycles. The third-order valence-electron chi connectivity index (χ3n) is 3.52. The van der Waals surface area contributed by atoms with Crippen LogP contribution in [0.25, 0.3) is 0 Å². The summed E-state index contributed by atoms with van der Waals surface area (Å²) in [5.41, 5.74) is -0.672. The predicted molar refractivity (Wildman–Crippen MR) is 55.3 cm³/mol. The standard InChI is InChI=1S/C11H19NO3/c1-8(2)11(14)6-12(7-11)10(13)9-4-3-5-15-9/h8-9,14H,3-7H2,1-2H3/t9-/m0/s1. The number of hydrogen-bond acceptors (Lipinski definition) is 3. The third-order valence-corrected chi connectivity index (χ3v) is 3.52. The Morgan fingerprint density at radius 3 is 2.67 bits per heavy atom. The molecule has 2 aliphatic rings. The Kier molecular flexibility index (Phi) is 2.73. The maximum absolute atomic E-state index is 11.8. The van der Waals surface area contributed by atoms with Crippen LogP contribution in [-0.4, -0.2) is 47.3 Å². The van der Waals surface area contributed by atoms with Crippen molar-refractivity contribution in [3.63, 3.8) is 0 Å². The second-order valence-corrected chi connectivity index (χ2v) is 4.95. The first kappa shape index (κ1) is 10.9. The summed E-state index contributed by atoms with van der Waals surface area (Å²) in [5, 5.41) is 10.0. The summed E-state index contributed by atoms with van der Waals surface area (Å²) in [6.45, 7) is 5.58. The van der Waals surface area contributed by atoms with Gasteiger partial charge in [0.25, 0.3) is 5.91 Å². The van der Waals surface area contributed by atoms with Gasteiger partial charge in [-0.25, -0.2) is 0 Å². The van der Waals surface area contributed by atoms with Gasteiger partial charge in [-0.15, -0.1) is 0 Å². The van der Waals surface area contributed by atoms with Gasteiger partial charge in [-0.05, 0) is 18.8 Å². The molecule has 0 aromatic rings. The molecule has 0 aromatic carbocycles. The van der Waals surface area contributed by atoms with Gasteiger partial charge >= 0.3 is 0 Å². The van der Waals surface area contributed by atoms with Crippen molar-refractivity contribution in [3.05, 3.63) is 0 Å². The molecule has 15 heavy (non-hydrogen) atoms. The molecule has 0 bridgehead atoms. The highest BCUT2D eigenvalue weighted by molar-refractivity contribution is 5.82. The monoisotopic (exact) mass is 213 g/mol. The van der Waals surface area contributed by atoms with E-state index in [4.69, 9.17) is 4.74 Å². The van der Waals surface area contributed by atoms with Gasteiger partial charge in [-0.3, -0.25) is 4.79 Å². The summed E-state index contributed by atoms with van der Waals surface area (Å²) in [6, 6.07) is 0. The molecule has 2 aliphatic heterocycles. The van der Waals surface area contributed by atoms with Crippen LogP contribution in [-0.2, 0) is 9.53 Å². The quantitative estimate of drug-likeness (QED) is 0.722. The molecule has 0 unspecified atom stereocenters. The fraction of sp³-hybridized carbons (Fsp3) is 0.909. The van der Waals surface area contributed by atoms with Crippen molar-refractivity contribution in [2.24, 2.45) is 5.92 Å². The molecule has 4 heteroatoms. The molecule has 1 amide bonds. The minimum Gasteiger partial charge on any atom is -0.386 e. The molecule has 86 valence electrons. The lowest BCUT2D eigenvalue weighted by Crippen LogP contribution is -2.67. The Balaban J connectivity index is 1.86. The molecule has 4 nitrogen and oxygen atoms in total. The molecule has 2 rings (SSSR count). The molecule has 0 saturated carbocycles. The summed E-state index contributed by atoms with van der Waals surface area (Å²) in [7, 11) is 0. The van der Waals surface area contributed by atoms with E-state index in [-0.39, 0.29) is 17.9 Å². The van der Waals surface area contributed by atoms with Gasteiger partial charge in [0, 0.05) is 6.61 Å². The largest absolute Gasteiger partial charge is 0.386 e. The van der Waals surface area contributed by atoms with E-state index in [1.54, 1.807) is 4.90 Å². The average Bonchev–Trinajstić information content (AvgIpc) is 2.64. The minimum absolute atomic E-state index is 0.0535. The van der Waals surface area contributed by atoms with Crippen molar-refractivity contribution in [3.8, 4) is 0 Å². The number of aliphatic hydroxyl groups is 1. The van der Waals surface area contributed by atoms with E-state index in [2.05, 4.69) is 0 Å². The van der Waals surface area contributed by atoms with Crippen molar-refractivity contribution in [2.75, 3.05) is 19.7 Å². The van der Waals surface area contributed by atoms with Crippen molar-refractivity contribution < 1.29 is 14.6 Å². The smallest absolute Gasteiger partial charge is 0.251 e. The maximum Gasteiger partial charge on any atom is 0.251 e. The Labute approximate surface area is 90.2 Å². The molecular weight excluding hydrogens is 194 g/mol. The highest BCUT2D eigenvalue weighted by Gasteiger charge is 2.47. The summed E-state index contributed by atoms with van der Waals surface area (Å²) >= 11 is 0. The van der Waals surface area contributed by atoms with Gasteiger partial charge in [0.05, 0.1) is 13.1 Å². The van der Waals surface area contributed by atoms with Crippen molar-refractivity contribution in [1.29, 1.82) is 0 Å². The molecule has 0 aliphatic carbocycles. The first-order valence-electron chi connectivity index (χ1n) is 5.66. The van der Waals surface area contributed by atoms with Crippen LogP contribution in [0.1, 0.15) is 26.7 Å². The summed E-state index contributed by atoms with van der Waals surface area (Å²) in [5.74, 6) is 0.254. The van der Waals surface area contributed by atoms with E-state index in [0.717, 1.165) is 12.8 Å². The first-order valence-corrected chi connectivity index (χ1v) is 5.66. The van der Waals surface area contributed by atoms with Gasteiger partial charge in [0.15, 0.2) is 0 Å². The zero-order valence-electron chi connectivity index (χ0n) is 9.40. The van der Waals surface area contributed by atoms with Crippen LogP contribution in [0.2, 0.25) is 0 Å². The number of carbonyl (C=O) groups is 1. The summed E-state index contributed by atoms with van der Waals surface area (Å²) in [6.07, 6.45) is 1.55. The molecule has 2 fully saturated rings. The summed E-state index contributed by atoms with van der Waals surface area (Å²) in [4.78, 5) is 13.5. The normalized spacial score (nSPS) is 29.3. The number of nitrogens with zero attached hydrogens (tertiary/aromatic N) is 1. The number of hydrogen-bond donors (Lipinski definition) is 1. The molecular formula is C11H19NO3. The molecule has 0 spiro atoms. The maximum atomic E-state index is 11.8. The third kappa shape index (κ3) is 1.88. The number of amides is 1. The van der Waals surface area contributed by atoms with E-state index in [0.29, 0.717) is 19.7 Å². The topological polar surface area (TPSA) is 49.8 Å².